The maximum Gasteiger partial charge on any atom is 0.311 e. The number of aryl methyl sites for hydroxylation is 1. The van der Waals surface area contributed by atoms with Crippen LogP contribution in [0.25, 0.3) is 0 Å². The second-order valence-electron chi connectivity index (χ2n) is 6.27. The Hall–Kier alpha value is -1.55. The molecule has 4 nitrogen and oxygen atoms in total. The second-order valence-corrected chi connectivity index (χ2v) is 6.27. The van der Waals surface area contributed by atoms with Crippen LogP contribution in [-0.4, -0.2) is 18.7 Å². The van der Waals surface area contributed by atoms with E-state index in [1.54, 1.807) is 7.11 Å². The number of hydrogen-bond acceptors (Lipinski definition) is 4. The van der Waals surface area contributed by atoms with Crippen molar-refractivity contribution >= 4 is 5.97 Å². The van der Waals surface area contributed by atoms with Crippen molar-refractivity contribution in [3.8, 4) is 5.75 Å². The molecule has 0 bridgehead atoms. The van der Waals surface area contributed by atoms with Gasteiger partial charge < -0.3 is 15.2 Å². The number of rotatable bonds is 2. The van der Waals surface area contributed by atoms with E-state index in [0.29, 0.717) is 0 Å². The summed E-state index contributed by atoms with van der Waals surface area (Å²) in [7, 11) is 1.63. The molecule has 0 saturated carbocycles. The first-order valence-electron chi connectivity index (χ1n) is 6.97. The smallest absolute Gasteiger partial charge is 0.311 e. The minimum absolute atomic E-state index is 0.210. The second kappa shape index (κ2) is 5.44. The molecule has 0 fully saturated rings. The van der Waals surface area contributed by atoms with Gasteiger partial charge in [-0.15, -0.1) is 0 Å². The van der Waals surface area contributed by atoms with Crippen LogP contribution in [0.1, 0.15) is 44.4 Å². The van der Waals surface area contributed by atoms with E-state index in [0.717, 1.165) is 24.2 Å². The Morgan fingerprint density at radius 2 is 2.05 bits per heavy atom. The summed E-state index contributed by atoms with van der Waals surface area (Å²) in [6.45, 7) is 5.61. The molecule has 2 N–H and O–H groups in total. The lowest BCUT2D eigenvalue weighted by atomic mass is 9.80. The molecule has 0 aromatic heterocycles. The molecule has 2 atom stereocenters. The predicted molar refractivity (Wildman–Crippen MR) is 77.6 cm³/mol. The Kier molecular flexibility index (Phi) is 4.04. The molecule has 1 aliphatic rings. The molecule has 20 heavy (non-hydrogen) atoms. The number of fused-ring (bicyclic) bond motifs is 1. The number of esters is 1. The van der Waals surface area contributed by atoms with E-state index in [1.165, 1.54) is 5.56 Å². The third-order valence-corrected chi connectivity index (χ3v) is 3.58. The van der Waals surface area contributed by atoms with Gasteiger partial charge in [0.25, 0.3) is 0 Å². The monoisotopic (exact) mass is 277 g/mol. The number of hydrogen-bond donors (Lipinski definition) is 1. The summed E-state index contributed by atoms with van der Waals surface area (Å²) >= 11 is 0. The van der Waals surface area contributed by atoms with Crippen LogP contribution >= 0.6 is 0 Å². The summed E-state index contributed by atoms with van der Waals surface area (Å²) < 4.78 is 10.7. The van der Waals surface area contributed by atoms with Crippen LogP contribution in [0.15, 0.2) is 18.2 Å². The minimum atomic E-state index is -0.481. The third-order valence-electron chi connectivity index (χ3n) is 3.58. The van der Waals surface area contributed by atoms with E-state index in [2.05, 4.69) is 0 Å². The maximum absolute atomic E-state index is 12.3. The zero-order valence-electron chi connectivity index (χ0n) is 12.6. The number of carbonyl (C=O) groups is 1. The molecule has 1 aliphatic carbocycles. The summed E-state index contributed by atoms with van der Waals surface area (Å²) in [5.74, 6) is 0.274. The van der Waals surface area contributed by atoms with Crippen LogP contribution in [0.3, 0.4) is 0 Å². The number of methoxy groups -OCH3 is 1. The first-order chi connectivity index (χ1) is 9.31. The van der Waals surface area contributed by atoms with Crippen LogP contribution in [-0.2, 0) is 16.0 Å². The highest BCUT2D eigenvalue weighted by molar-refractivity contribution is 5.74. The average Bonchev–Trinajstić information content (AvgIpc) is 2.36. The molecule has 0 saturated heterocycles. The maximum atomic E-state index is 12.3. The molecule has 0 spiro atoms. The normalized spacial score (nSPS) is 22.1. The van der Waals surface area contributed by atoms with E-state index in [-0.39, 0.29) is 17.9 Å². The molecule has 0 unspecified atom stereocenters. The molecule has 0 heterocycles. The summed E-state index contributed by atoms with van der Waals surface area (Å²) in [5.41, 5.74) is 7.98. The van der Waals surface area contributed by atoms with Gasteiger partial charge in [-0.25, -0.2) is 0 Å². The fraction of sp³-hybridized carbons (Fsp3) is 0.562. The molecular formula is C16H23NO3. The Bertz CT molecular complexity index is 505. The van der Waals surface area contributed by atoms with Crippen molar-refractivity contribution in [2.45, 2.75) is 45.3 Å². The van der Waals surface area contributed by atoms with Crippen molar-refractivity contribution in [3.63, 3.8) is 0 Å². The van der Waals surface area contributed by atoms with Gasteiger partial charge in [-0.3, -0.25) is 4.79 Å². The van der Waals surface area contributed by atoms with Gasteiger partial charge in [0.1, 0.15) is 11.4 Å². The quantitative estimate of drug-likeness (QED) is 0.844. The van der Waals surface area contributed by atoms with Crippen LogP contribution in [0, 0.1) is 5.92 Å². The SMILES string of the molecule is COc1ccc2c(c1)[C@@H](N)[C@@H](C(=O)OC(C)(C)C)CC2. The lowest BCUT2D eigenvalue weighted by molar-refractivity contribution is -0.161. The van der Waals surface area contributed by atoms with Gasteiger partial charge in [-0.05, 0) is 56.9 Å². The van der Waals surface area contributed by atoms with Crippen molar-refractivity contribution in [3.05, 3.63) is 29.3 Å². The molecule has 0 amide bonds. The highest BCUT2D eigenvalue weighted by Crippen LogP contribution is 2.36. The number of benzene rings is 1. The lowest BCUT2D eigenvalue weighted by Crippen LogP contribution is -2.37. The van der Waals surface area contributed by atoms with Crippen LogP contribution in [0.5, 0.6) is 5.75 Å². The molecule has 110 valence electrons. The molecular weight excluding hydrogens is 254 g/mol. The van der Waals surface area contributed by atoms with Gasteiger partial charge in [-0.2, -0.15) is 0 Å². The van der Waals surface area contributed by atoms with Gasteiger partial charge in [0, 0.05) is 6.04 Å². The van der Waals surface area contributed by atoms with Gasteiger partial charge in [0.05, 0.1) is 13.0 Å². The van der Waals surface area contributed by atoms with E-state index in [1.807, 2.05) is 39.0 Å². The third kappa shape index (κ3) is 3.12. The minimum Gasteiger partial charge on any atom is -0.497 e. The van der Waals surface area contributed by atoms with Crippen molar-refractivity contribution < 1.29 is 14.3 Å². The molecule has 1 aromatic carbocycles. The van der Waals surface area contributed by atoms with E-state index >= 15 is 0 Å². The Balaban J connectivity index is 2.22. The summed E-state index contributed by atoms with van der Waals surface area (Å²) in [5, 5.41) is 0. The topological polar surface area (TPSA) is 61.5 Å². The molecule has 0 radical (unpaired) electrons. The van der Waals surface area contributed by atoms with E-state index in [9.17, 15) is 4.79 Å². The fourth-order valence-corrected chi connectivity index (χ4v) is 2.59. The Morgan fingerprint density at radius 1 is 1.35 bits per heavy atom. The summed E-state index contributed by atoms with van der Waals surface area (Å²) in [4.78, 5) is 12.3. The van der Waals surface area contributed by atoms with E-state index in [4.69, 9.17) is 15.2 Å². The van der Waals surface area contributed by atoms with Gasteiger partial charge in [0.15, 0.2) is 0 Å². The zero-order valence-corrected chi connectivity index (χ0v) is 12.6. The highest BCUT2D eigenvalue weighted by Gasteiger charge is 2.35. The average molecular weight is 277 g/mol. The van der Waals surface area contributed by atoms with Crippen LogP contribution in [0.4, 0.5) is 0 Å². The zero-order chi connectivity index (χ0) is 14.9. The Morgan fingerprint density at radius 3 is 2.65 bits per heavy atom. The predicted octanol–water partition coefficient (Wildman–Crippen LogP) is 2.60. The fourth-order valence-electron chi connectivity index (χ4n) is 2.59. The molecule has 4 heteroatoms. The van der Waals surface area contributed by atoms with Crippen molar-refractivity contribution in [2.24, 2.45) is 11.7 Å². The standard InChI is InChI=1S/C16H23NO3/c1-16(2,3)20-15(18)12-8-6-10-5-7-11(19-4)9-13(10)14(12)17/h5,7,9,12,14H,6,8,17H2,1-4H3/t12-,14-/m0/s1. The van der Waals surface area contributed by atoms with Gasteiger partial charge in [0.2, 0.25) is 0 Å². The first-order valence-corrected chi connectivity index (χ1v) is 6.97. The number of nitrogens with two attached hydrogens (primary N) is 1. The Labute approximate surface area is 120 Å². The molecule has 0 aliphatic heterocycles. The summed E-state index contributed by atoms with van der Waals surface area (Å²) in [6, 6.07) is 5.55. The molecule has 2 rings (SSSR count). The first kappa shape index (κ1) is 14.9. The van der Waals surface area contributed by atoms with Gasteiger partial charge in [-0.1, -0.05) is 6.07 Å². The lowest BCUT2D eigenvalue weighted by Gasteiger charge is -2.32. The molecule has 1 aromatic rings. The number of carbonyl (C=O) groups excluding carboxylic acids is 1. The van der Waals surface area contributed by atoms with Crippen molar-refractivity contribution in [1.29, 1.82) is 0 Å². The van der Waals surface area contributed by atoms with Crippen LogP contribution < -0.4 is 10.5 Å². The summed E-state index contributed by atoms with van der Waals surface area (Å²) in [6.07, 6.45) is 1.58. The van der Waals surface area contributed by atoms with Crippen LogP contribution in [0.2, 0.25) is 0 Å². The van der Waals surface area contributed by atoms with Crippen molar-refractivity contribution in [2.75, 3.05) is 7.11 Å². The highest BCUT2D eigenvalue weighted by atomic mass is 16.6. The van der Waals surface area contributed by atoms with E-state index < -0.39 is 5.60 Å². The van der Waals surface area contributed by atoms with Gasteiger partial charge >= 0.3 is 5.97 Å². The largest absolute Gasteiger partial charge is 0.497 e. The van der Waals surface area contributed by atoms with Crippen molar-refractivity contribution in [1.82, 2.24) is 0 Å². The number of ether oxygens (including phenoxy) is 2.